The van der Waals surface area contributed by atoms with Crippen molar-refractivity contribution in [1.29, 1.82) is 0 Å². The number of alkyl halides is 1. The molecular formula is C12H18BrN3O2. The minimum atomic E-state index is -0.0650. The molecule has 6 heteroatoms. The van der Waals surface area contributed by atoms with Crippen LogP contribution in [0.5, 0.6) is 0 Å². The van der Waals surface area contributed by atoms with Gasteiger partial charge in [0, 0.05) is 44.0 Å². The molecule has 1 spiro atoms. The second kappa shape index (κ2) is 5.27. The molecule has 0 bridgehead atoms. The smallest absolute Gasteiger partial charge is 0.0957 e. The van der Waals surface area contributed by atoms with E-state index in [0.717, 1.165) is 56.5 Å². The van der Waals surface area contributed by atoms with E-state index in [4.69, 9.17) is 9.47 Å². The number of nitrogens with zero attached hydrogens (tertiary/aromatic N) is 3. The minimum Gasteiger partial charge on any atom is -0.378 e. The summed E-state index contributed by atoms with van der Waals surface area (Å²) in [5.41, 5.74) is 0.986. The van der Waals surface area contributed by atoms with Crippen LogP contribution in [-0.4, -0.2) is 45.7 Å². The number of hydrogen-bond acceptors (Lipinski definition) is 4. The van der Waals surface area contributed by atoms with Crippen molar-refractivity contribution >= 4 is 15.9 Å². The lowest BCUT2D eigenvalue weighted by Crippen LogP contribution is -2.41. The lowest BCUT2D eigenvalue weighted by molar-refractivity contribution is -0.0964. The summed E-state index contributed by atoms with van der Waals surface area (Å²) < 4.78 is 13.4. The maximum Gasteiger partial charge on any atom is 0.0957 e. The summed E-state index contributed by atoms with van der Waals surface area (Å²) in [6.45, 7) is 2.34. The molecule has 18 heavy (non-hydrogen) atoms. The first-order chi connectivity index (χ1) is 8.81. The first-order valence-corrected chi connectivity index (χ1v) is 7.62. The van der Waals surface area contributed by atoms with E-state index in [1.165, 1.54) is 0 Å². The van der Waals surface area contributed by atoms with Gasteiger partial charge in [-0.15, -0.1) is 5.10 Å². The maximum atomic E-state index is 5.94. The van der Waals surface area contributed by atoms with Gasteiger partial charge in [-0.1, -0.05) is 21.1 Å². The topological polar surface area (TPSA) is 49.2 Å². The van der Waals surface area contributed by atoms with Crippen LogP contribution in [0.3, 0.4) is 0 Å². The zero-order valence-corrected chi connectivity index (χ0v) is 11.9. The first-order valence-electron chi connectivity index (χ1n) is 6.50. The Morgan fingerprint density at radius 1 is 1.50 bits per heavy atom. The predicted octanol–water partition coefficient (Wildman–Crippen LogP) is 1.73. The molecule has 2 aliphatic rings. The molecule has 2 fully saturated rings. The standard InChI is InChI=1S/C12H18BrN3O2/c13-4-1-10-8-16(15-14-10)11-2-5-18-12(7-11)3-6-17-9-12/h8,11H,1-7,9H2. The third-order valence-electron chi connectivity index (χ3n) is 3.82. The molecule has 0 amide bonds. The lowest BCUT2D eigenvalue weighted by atomic mass is 9.90. The molecule has 2 unspecified atom stereocenters. The van der Waals surface area contributed by atoms with E-state index in [1.807, 2.05) is 4.68 Å². The summed E-state index contributed by atoms with van der Waals surface area (Å²) in [5.74, 6) is 0. The van der Waals surface area contributed by atoms with Crippen LogP contribution in [0.15, 0.2) is 6.20 Å². The number of aromatic nitrogens is 3. The van der Waals surface area contributed by atoms with Gasteiger partial charge in [0.1, 0.15) is 0 Å². The molecule has 0 radical (unpaired) electrons. The van der Waals surface area contributed by atoms with Crippen LogP contribution >= 0.6 is 15.9 Å². The van der Waals surface area contributed by atoms with Crippen molar-refractivity contribution < 1.29 is 9.47 Å². The highest BCUT2D eigenvalue weighted by atomic mass is 79.9. The molecule has 100 valence electrons. The van der Waals surface area contributed by atoms with Crippen molar-refractivity contribution in [2.75, 3.05) is 25.2 Å². The maximum absolute atomic E-state index is 5.94. The van der Waals surface area contributed by atoms with Gasteiger partial charge in [-0.25, -0.2) is 4.68 Å². The van der Waals surface area contributed by atoms with Gasteiger partial charge in [0.05, 0.1) is 23.9 Å². The van der Waals surface area contributed by atoms with Gasteiger partial charge in [0.2, 0.25) is 0 Å². The van der Waals surface area contributed by atoms with Crippen LogP contribution in [0.25, 0.3) is 0 Å². The van der Waals surface area contributed by atoms with E-state index >= 15 is 0 Å². The van der Waals surface area contributed by atoms with Crippen molar-refractivity contribution in [2.45, 2.75) is 37.3 Å². The Morgan fingerprint density at radius 2 is 2.44 bits per heavy atom. The van der Waals surface area contributed by atoms with Crippen LogP contribution in [0.2, 0.25) is 0 Å². The fraction of sp³-hybridized carbons (Fsp3) is 0.833. The Morgan fingerprint density at radius 3 is 3.22 bits per heavy atom. The SMILES string of the molecule is BrCCc1cn(C2CCOC3(CCOC3)C2)nn1. The predicted molar refractivity (Wildman–Crippen MR) is 69.9 cm³/mol. The second-order valence-electron chi connectivity index (χ2n) is 5.11. The summed E-state index contributed by atoms with van der Waals surface area (Å²) in [6.07, 6.45) is 6.01. The van der Waals surface area contributed by atoms with Crippen molar-refractivity contribution in [3.05, 3.63) is 11.9 Å². The Kier molecular flexibility index (Phi) is 3.68. The summed E-state index contributed by atoms with van der Waals surface area (Å²) in [7, 11) is 0. The average molecular weight is 316 g/mol. The quantitative estimate of drug-likeness (QED) is 0.797. The largest absolute Gasteiger partial charge is 0.378 e. The fourth-order valence-corrected chi connectivity index (χ4v) is 3.20. The summed E-state index contributed by atoms with van der Waals surface area (Å²) in [6, 6.07) is 0.400. The zero-order chi connectivity index (χ0) is 12.4. The third kappa shape index (κ3) is 2.46. The highest BCUT2D eigenvalue weighted by molar-refractivity contribution is 9.09. The van der Waals surface area contributed by atoms with Gasteiger partial charge in [-0.3, -0.25) is 0 Å². The Hall–Kier alpha value is -0.460. The van der Waals surface area contributed by atoms with E-state index in [0.29, 0.717) is 6.04 Å². The van der Waals surface area contributed by atoms with E-state index in [9.17, 15) is 0 Å². The molecule has 1 aromatic rings. The van der Waals surface area contributed by atoms with E-state index in [2.05, 4.69) is 32.4 Å². The lowest BCUT2D eigenvalue weighted by Gasteiger charge is -2.36. The van der Waals surface area contributed by atoms with Crippen molar-refractivity contribution in [2.24, 2.45) is 0 Å². The Labute approximate surface area is 115 Å². The highest BCUT2D eigenvalue weighted by Gasteiger charge is 2.41. The van der Waals surface area contributed by atoms with Gasteiger partial charge in [0.15, 0.2) is 0 Å². The number of ether oxygens (including phenoxy) is 2. The van der Waals surface area contributed by atoms with Crippen LogP contribution in [0.1, 0.15) is 31.0 Å². The molecule has 2 saturated heterocycles. The molecule has 1 aromatic heterocycles. The summed E-state index contributed by atoms with van der Waals surface area (Å²) in [4.78, 5) is 0. The Balaban J connectivity index is 1.71. The van der Waals surface area contributed by atoms with Gasteiger partial charge in [-0.2, -0.15) is 0 Å². The van der Waals surface area contributed by atoms with Crippen LogP contribution < -0.4 is 0 Å². The normalized spacial score (nSPS) is 32.2. The summed E-state index contributed by atoms with van der Waals surface area (Å²) in [5, 5.41) is 9.40. The third-order valence-corrected chi connectivity index (χ3v) is 4.21. The number of rotatable bonds is 3. The van der Waals surface area contributed by atoms with Gasteiger partial charge in [0.25, 0.3) is 0 Å². The van der Waals surface area contributed by atoms with E-state index in [-0.39, 0.29) is 5.60 Å². The molecule has 0 N–H and O–H groups in total. The van der Waals surface area contributed by atoms with Crippen molar-refractivity contribution in [3.63, 3.8) is 0 Å². The molecule has 3 rings (SSSR count). The van der Waals surface area contributed by atoms with Gasteiger partial charge in [-0.05, 0) is 6.42 Å². The van der Waals surface area contributed by atoms with Crippen LogP contribution in [0, 0.1) is 0 Å². The molecule has 2 aliphatic heterocycles. The monoisotopic (exact) mass is 315 g/mol. The van der Waals surface area contributed by atoms with E-state index in [1.54, 1.807) is 0 Å². The minimum absolute atomic E-state index is 0.0650. The summed E-state index contributed by atoms with van der Waals surface area (Å²) >= 11 is 3.43. The van der Waals surface area contributed by atoms with Crippen LogP contribution in [-0.2, 0) is 15.9 Å². The highest BCUT2D eigenvalue weighted by Crippen LogP contribution is 2.37. The zero-order valence-electron chi connectivity index (χ0n) is 10.3. The number of aryl methyl sites for hydroxylation is 1. The molecular weight excluding hydrogens is 298 g/mol. The number of halogens is 1. The average Bonchev–Trinajstić information content (AvgIpc) is 3.00. The molecule has 0 aromatic carbocycles. The van der Waals surface area contributed by atoms with Gasteiger partial charge >= 0.3 is 0 Å². The fourth-order valence-electron chi connectivity index (χ4n) is 2.79. The molecule has 0 aliphatic carbocycles. The van der Waals surface area contributed by atoms with Gasteiger partial charge < -0.3 is 9.47 Å². The second-order valence-corrected chi connectivity index (χ2v) is 5.90. The molecule has 3 heterocycles. The molecule has 2 atom stereocenters. The van der Waals surface area contributed by atoms with Crippen molar-refractivity contribution in [3.8, 4) is 0 Å². The van der Waals surface area contributed by atoms with Crippen molar-refractivity contribution in [1.82, 2.24) is 15.0 Å². The first kappa shape index (κ1) is 12.6. The molecule has 0 saturated carbocycles. The van der Waals surface area contributed by atoms with E-state index < -0.39 is 0 Å². The number of hydrogen-bond donors (Lipinski definition) is 0. The molecule has 5 nitrogen and oxygen atoms in total. The van der Waals surface area contributed by atoms with Crippen LogP contribution in [0.4, 0.5) is 0 Å². The Bertz CT molecular complexity index is 404.